The maximum absolute atomic E-state index is 12.9. The van der Waals surface area contributed by atoms with Gasteiger partial charge in [-0.15, -0.1) is 0 Å². The van der Waals surface area contributed by atoms with Crippen LogP contribution in [0.4, 0.5) is 9.18 Å². The smallest absolute Gasteiger partial charge is 0.404 e. The first kappa shape index (κ1) is 23.5. The van der Waals surface area contributed by atoms with Crippen LogP contribution in [0.15, 0.2) is 36.2 Å². The van der Waals surface area contributed by atoms with E-state index in [-0.39, 0.29) is 41.5 Å². The topological polar surface area (TPSA) is 96.9 Å². The Morgan fingerprint density at radius 1 is 1.09 bits per heavy atom. The maximum atomic E-state index is 12.9. The number of fused-ring (bicyclic) bond motifs is 3. The van der Waals surface area contributed by atoms with Crippen molar-refractivity contribution in [2.75, 3.05) is 26.4 Å². The van der Waals surface area contributed by atoms with Crippen LogP contribution >= 0.6 is 0 Å². The Hall–Kier alpha value is -2.61. The third kappa shape index (κ3) is 5.49. The highest BCUT2D eigenvalue weighted by Crippen LogP contribution is 2.53. The molecule has 0 radical (unpaired) electrons. The van der Waals surface area contributed by atoms with E-state index in [0.717, 1.165) is 51.4 Å². The maximum Gasteiger partial charge on any atom is 0.404 e. The molecule has 2 amide bonds. The van der Waals surface area contributed by atoms with Crippen molar-refractivity contribution in [3.8, 4) is 5.75 Å². The average molecular weight is 461 g/mol. The normalized spacial score (nSPS) is 27.7. The SMILES string of the molecule is O=C(O)NCC(=CF)COc1ccc(C23CCC(NC(=O)C4CCOCC4)(CC2)CC3)cc1. The van der Waals surface area contributed by atoms with Crippen LogP contribution < -0.4 is 15.4 Å². The first-order chi connectivity index (χ1) is 15.9. The van der Waals surface area contributed by atoms with Gasteiger partial charge in [0.15, 0.2) is 0 Å². The fourth-order valence-corrected chi connectivity index (χ4v) is 5.52. The molecule has 1 saturated heterocycles. The molecule has 0 atom stereocenters. The van der Waals surface area contributed by atoms with Gasteiger partial charge < -0.3 is 25.2 Å². The zero-order chi connectivity index (χ0) is 23.3. The fourth-order valence-electron chi connectivity index (χ4n) is 5.52. The van der Waals surface area contributed by atoms with Gasteiger partial charge in [0.2, 0.25) is 5.91 Å². The van der Waals surface area contributed by atoms with Gasteiger partial charge in [-0.1, -0.05) is 12.1 Å². The van der Waals surface area contributed by atoms with Crippen molar-refractivity contribution in [2.24, 2.45) is 5.92 Å². The lowest BCUT2D eigenvalue weighted by atomic mass is 9.55. The monoisotopic (exact) mass is 460 g/mol. The van der Waals surface area contributed by atoms with Crippen molar-refractivity contribution in [1.82, 2.24) is 10.6 Å². The number of rotatable bonds is 8. The second-order valence-electron chi connectivity index (χ2n) is 9.68. The standard InChI is InChI=1S/C25H33FN2O5/c26-15-18(16-27-23(30)31)17-33-21-3-1-20(2-4-21)24-7-10-25(11-8-24,12-9-24)28-22(29)19-5-13-32-14-6-19/h1-4,15,19,27H,5-14,16-17H2,(H,28,29)(H,30,31). The third-order valence-electron chi connectivity index (χ3n) is 7.74. The van der Waals surface area contributed by atoms with Crippen molar-refractivity contribution < 1.29 is 28.6 Å². The highest BCUT2D eigenvalue weighted by Gasteiger charge is 2.50. The molecule has 1 aromatic carbocycles. The Balaban J connectivity index is 1.31. The van der Waals surface area contributed by atoms with Gasteiger partial charge in [0.05, 0.1) is 6.33 Å². The Morgan fingerprint density at radius 2 is 1.73 bits per heavy atom. The summed E-state index contributed by atoms with van der Waals surface area (Å²) in [6.07, 6.45) is 6.97. The van der Waals surface area contributed by atoms with Gasteiger partial charge in [0.25, 0.3) is 0 Å². The molecule has 0 aromatic heterocycles. The van der Waals surface area contributed by atoms with Crippen molar-refractivity contribution in [3.05, 3.63) is 41.7 Å². The van der Waals surface area contributed by atoms with E-state index in [1.807, 2.05) is 12.1 Å². The van der Waals surface area contributed by atoms with E-state index >= 15 is 0 Å². The van der Waals surface area contributed by atoms with Crippen LogP contribution in [0.5, 0.6) is 5.75 Å². The molecule has 5 rings (SSSR count). The minimum atomic E-state index is -1.20. The predicted molar refractivity (Wildman–Crippen MR) is 121 cm³/mol. The number of hydrogen-bond donors (Lipinski definition) is 3. The van der Waals surface area contributed by atoms with E-state index in [1.165, 1.54) is 5.56 Å². The van der Waals surface area contributed by atoms with Crippen LogP contribution in [0.1, 0.15) is 56.9 Å². The highest BCUT2D eigenvalue weighted by atomic mass is 19.1. The molecule has 180 valence electrons. The van der Waals surface area contributed by atoms with Gasteiger partial charge in [-0.05, 0) is 74.5 Å². The summed E-state index contributed by atoms with van der Waals surface area (Å²) in [5.41, 5.74) is 1.59. The molecule has 8 heteroatoms. The lowest BCUT2D eigenvalue weighted by Gasteiger charge is -2.54. The molecule has 4 fully saturated rings. The van der Waals surface area contributed by atoms with Crippen LogP contribution in [0.2, 0.25) is 0 Å². The summed E-state index contributed by atoms with van der Waals surface area (Å²) in [5.74, 6) is 0.908. The Labute approximate surface area is 193 Å². The lowest BCUT2D eigenvalue weighted by Crippen LogP contribution is -2.59. The number of carboxylic acid groups (broad SMARTS) is 1. The molecule has 4 aliphatic rings. The van der Waals surface area contributed by atoms with Crippen molar-refractivity contribution in [3.63, 3.8) is 0 Å². The molecule has 33 heavy (non-hydrogen) atoms. The summed E-state index contributed by atoms with van der Waals surface area (Å²) in [6, 6.07) is 7.97. The van der Waals surface area contributed by atoms with Gasteiger partial charge in [0, 0.05) is 36.8 Å². The van der Waals surface area contributed by atoms with E-state index in [2.05, 4.69) is 22.8 Å². The number of halogens is 1. The Kier molecular flexibility index (Phi) is 7.22. The van der Waals surface area contributed by atoms with Gasteiger partial charge in [0.1, 0.15) is 12.4 Å². The average Bonchev–Trinajstić information content (AvgIpc) is 2.86. The molecule has 7 nitrogen and oxygen atoms in total. The summed E-state index contributed by atoms with van der Waals surface area (Å²) in [7, 11) is 0. The van der Waals surface area contributed by atoms with E-state index < -0.39 is 6.09 Å². The summed E-state index contributed by atoms with van der Waals surface area (Å²) < 4.78 is 23.9. The highest BCUT2D eigenvalue weighted by molar-refractivity contribution is 5.79. The number of hydrogen-bond acceptors (Lipinski definition) is 4. The summed E-state index contributed by atoms with van der Waals surface area (Å²) >= 11 is 0. The van der Waals surface area contributed by atoms with Gasteiger partial charge >= 0.3 is 6.09 Å². The quantitative estimate of drug-likeness (QED) is 0.543. The second kappa shape index (κ2) is 10.1. The molecule has 1 aromatic rings. The third-order valence-corrected chi connectivity index (χ3v) is 7.74. The predicted octanol–water partition coefficient (Wildman–Crippen LogP) is 4.07. The van der Waals surface area contributed by atoms with Crippen LogP contribution in [0, 0.1) is 5.92 Å². The molecular weight excluding hydrogens is 427 g/mol. The number of ether oxygens (including phenoxy) is 2. The molecular formula is C25H33FN2O5. The molecule has 1 aliphatic heterocycles. The lowest BCUT2D eigenvalue weighted by molar-refractivity contribution is -0.131. The van der Waals surface area contributed by atoms with Crippen LogP contribution in [-0.4, -0.2) is 49.0 Å². The van der Waals surface area contributed by atoms with Gasteiger partial charge in [-0.3, -0.25) is 4.79 Å². The Morgan fingerprint density at radius 3 is 2.30 bits per heavy atom. The fraction of sp³-hybridized carbons (Fsp3) is 0.600. The molecule has 3 aliphatic carbocycles. The molecule has 0 spiro atoms. The molecule has 0 unspecified atom stereocenters. The summed E-state index contributed by atoms with van der Waals surface area (Å²) in [5, 5.41) is 14.2. The van der Waals surface area contributed by atoms with Gasteiger partial charge in [-0.2, -0.15) is 0 Å². The first-order valence-corrected chi connectivity index (χ1v) is 11.8. The van der Waals surface area contributed by atoms with E-state index in [0.29, 0.717) is 25.3 Å². The minimum absolute atomic E-state index is 0.0173. The van der Waals surface area contributed by atoms with Crippen molar-refractivity contribution in [2.45, 2.75) is 62.3 Å². The molecule has 3 N–H and O–H groups in total. The Bertz CT molecular complexity index is 855. The number of carbonyl (C=O) groups is 2. The largest absolute Gasteiger partial charge is 0.489 e. The number of carbonyl (C=O) groups excluding carboxylic acids is 1. The molecule has 1 heterocycles. The number of benzene rings is 1. The summed E-state index contributed by atoms with van der Waals surface area (Å²) in [6.45, 7) is 1.23. The van der Waals surface area contributed by atoms with Crippen molar-refractivity contribution >= 4 is 12.0 Å². The van der Waals surface area contributed by atoms with Crippen LogP contribution in [0.3, 0.4) is 0 Å². The van der Waals surface area contributed by atoms with Crippen LogP contribution in [-0.2, 0) is 14.9 Å². The van der Waals surface area contributed by atoms with E-state index in [9.17, 15) is 14.0 Å². The first-order valence-electron chi connectivity index (χ1n) is 11.8. The second-order valence-corrected chi connectivity index (χ2v) is 9.68. The zero-order valence-corrected chi connectivity index (χ0v) is 18.9. The minimum Gasteiger partial charge on any atom is -0.489 e. The van der Waals surface area contributed by atoms with Crippen LogP contribution in [0.25, 0.3) is 0 Å². The molecule has 3 saturated carbocycles. The van der Waals surface area contributed by atoms with E-state index in [1.54, 1.807) is 0 Å². The van der Waals surface area contributed by atoms with Crippen molar-refractivity contribution in [1.29, 1.82) is 0 Å². The summed E-state index contributed by atoms with van der Waals surface area (Å²) in [4.78, 5) is 23.4. The molecule has 2 bridgehead atoms. The number of nitrogens with one attached hydrogen (secondary N) is 2. The van der Waals surface area contributed by atoms with Gasteiger partial charge in [-0.25, -0.2) is 9.18 Å². The van der Waals surface area contributed by atoms with E-state index in [4.69, 9.17) is 14.6 Å². The number of amides is 2. The zero-order valence-electron chi connectivity index (χ0n) is 18.9.